The molecule has 146 valence electrons. The van der Waals surface area contributed by atoms with Crippen molar-refractivity contribution in [3.8, 4) is 27.8 Å². The molecule has 1 amide bonds. The van der Waals surface area contributed by atoms with Crippen LogP contribution in [0.1, 0.15) is 12.1 Å². The molecule has 0 radical (unpaired) electrons. The minimum absolute atomic E-state index is 0.0949. The standard InChI is InChI=1S/C21H22N2O4S/c1-25-16-7-4-14(5-8-16)21-22-15(13-28-21)6-11-20(24)23-18-10-9-17(26-2)12-19(18)27-3/h4-5,7-10,12-13H,6,11H2,1-3H3,(H,23,24). The van der Waals surface area contributed by atoms with E-state index in [0.717, 1.165) is 22.0 Å². The maximum absolute atomic E-state index is 12.3. The largest absolute Gasteiger partial charge is 0.497 e. The third-order valence-corrected chi connectivity index (χ3v) is 5.12. The fraction of sp³-hybridized carbons (Fsp3) is 0.238. The maximum Gasteiger partial charge on any atom is 0.224 e. The van der Waals surface area contributed by atoms with Gasteiger partial charge in [0.05, 0.1) is 32.7 Å². The van der Waals surface area contributed by atoms with Crippen LogP contribution in [0.4, 0.5) is 5.69 Å². The number of methoxy groups -OCH3 is 3. The van der Waals surface area contributed by atoms with Crippen molar-refractivity contribution in [3.63, 3.8) is 0 Å². The lowest BCUT2D eigenvalue weighted by atomic mass is 10.2. The second-order valence-electron chi connectivity index (χ2n) is 5.99. The summed E-state index contributed by atoms with van der Waals surface area (Å²) >= 11 is 1.56. The lowest BCUT2D eigenvalue weighted by Crippen LogP contribution is -2.13. The molecule has 0 saturated carbocycles. The minimum atomic E-state index is -0.0949. The van der Waals surface area contributed by atoms with Crippen molar-refractivity contribution >= 4 is 22.9 Å². The van der Waals surface area contributed by atoms with E-state index in [1.807, 2.05) is 29.6 Å². The molecule has 7 heteroatoms. The molecule has 0 aliphatic heterocycles. The third-order valence-electron chi connectivity index (χ3n) is 4.18. The van der Waals surface area contributed by atoms with Gasteiger partial charge in [-0.2, -0.15) is 0 Å². The van der Waals surface area contributed by atoms with Crippen LogP contribution in [0.15, 0.2) is 47.8 Å². The predicted octanol–water partition coefficient (Wildman–Crippen LogP) is 4.41. The van der Waals surface area contributed by atoms with E-state index in [-0.39, 0.29) is 5.91 Å². The first-order valence-electron chi connectivity index (χ1n) is 8.73. The first-order chi connectivity index (χ1) is 13.6. The Morgan fingerprint density at radius 1 is 1.00 bits per heavy atom. The van der Waals surface area contributed by atoms with Crippen LogP contribution in [0, 0.1) is 0 Å². The molecule has 0 atom stereocenters. The molecular weight excluding hydrogens is 376 g/mol. The summed E-state index contributed by atoms with van der Waals surface area (Å²) in [4.78, 5) is 16.9. The normalized spacial score (nSPS) is 10.4. The fourth-order valence-electron chi connectivity index (χ4n) is 2.64. The zero-order valence-corrected chi connectivity index (χ0v) is 16.8. The van der Waals surface area contributed by atoms with Crippen LogP contribution in [-0.4, -0.2) is 32.2 Å². The van der Waals surface area contributed by atoms with Crippen molar-refractivity contribution in [2.24, 2.45) is 0 Å². The van der Waals surface area contributed by atoms with E-state index < -0.39 is 0 Å². The van der Waals surface area contributed by atoms with E-state index in [2.05, 4.69) is 10.3 Å². The Bertz CT molecular complexity index is 938. The van der Waals surface area contributed by atoms with E-state index in [1.165, 1.54) is 0 Å². The number of nitrogens with zero attached hydrogens (tertiary/aromatic N) is 1. The molecule has 1 aromatic heterocycles. The molecular formula is C21H22N2O4S. The number of aromatic nitrogens is 1. The molecule has 0 spiro atoms. The van der Waals surface area contributed by atoms with E-state index in [4.69, 9.17) is 14.2 Å². The number of anilines is 1. The first-order valence-corrected chi connectivity index (χ1v) is 9.61. The summed E-state index contributed by atoms with van der Waals surface area (Å²) in [6.07, 6.45) is 0.901. The summed E-state index contributed by atoms with van der Waals surface area (Å²) in [6, 6.07) is 13.0. The zero-order valence-electron chi connectivity index (χ0n) is 16.0. The van der Waals surface area contributed by atoms with Crippen LogP contribution in [0.2, 0.25) is 0 Å². The van der Waals surface area contributed by atoms with Crippen LogP contribution in [0.5, 0.6) is 17.2 Å². The Labute approximate surface area is 168 Å². The van der Waals surface area contributed by atoms with Gasteiger partial charge in [-0.05, 0) is 42.8 Å². The summed E-state index contributed by atoms with van der Waals surface area (Å²) in [5, 5.41) is 5.79. The molecule has 0 saturated heterocycles. The van der Waals surface area contributed by atoms with Gasteiger partial charge in [0, 0.05) is 23.4 Å². The van der Waals surface area contributed by atoms with Gasteiger partial charge in [-0.1, -0.05) is 0 Å². The van der Waals surface area contributed by atoms with Gasteiger partial charge in [-0.3, -0.25) is 4.79 Å². The summed E-state index contributed by atoms with van der Waals surface area (Å²) in [5.74, 6) is 1.94. The van der Waals surface area contributed by atoms with Crippen molar-refractivity contribution in [1.82, 2.24) is 4.98 Å². The van der Waals surface area contributed by atoms with E-state index >= 15 is 0 Å². The molecule has 2 aromatic carbocycles. The molecule has 1 heterocycles. The molecule has 1 N–H and O–H groups in total. The molecule has 3 aromatic rings. The number of carbonyl (C=O) groups is 1. The second kappa shape index (κ2) is 9.23. The highest BCUT2D eigenvalue weighted by molar-refractivity contribution is 7.13. The average Bonchev–Trinajstić information content (AvgIpc) is 3.21. The zero-order chi connectivity index (χ0) is 19.9. The quantitative estimate of drug-likeness (QED) is 0.609. The molecule has 0 aliphatic carbocycles. The van der Waals surface area contributed by atoms with Crippen molar-refractivity contribution < 1.29 is 19.0 Å². The number of rotatable bonds is 8. The van der Waals surface area contributed by atoms with Crippen LogP contribution >= 0.6 is 11.3 Å². The lowest BCUT2D eigenvalue weighted by Gasteiger charge is -2.11. The molecule has 0 aliphatic rings. The Morgan fingerprint density at radius 2 is 1.71 bits per heavy atom. The maximum atomic E-state index is 12.3. The van der Waals surface area contributed by atoms with Gasteiger partial charge in [0.2, 0.25) is 5.91 Å². The summed E-state index contributed by atoms with van der Waals surface area (Å²) in [6.45, 7) is 0. The molecule has 28 heavy (non-hydrogen) atoms. The van der Waals surface area contributed by atoms with E-state index in [9.17, 15) is 4.79 Å². The smallest absolute Gasteiger partial charge is 0.224 e. The summed E-state index contributed by atoms with van der Waals surface area (Å²) < 4.78 is 15.6. The highest BCUT2D eigenvalue weighted by Gasteiger charge is 2.11. The fourth-order valence-corrected chi connectivity index (χ4v) is 3.50. The van der Waals surface area contributed by atoms with Gasteiger partial charge < -0.3 is 19.5 Å². The summed E-state index contributed by atoms with van der Waals surface area (Å²) in [7, 11) is 4.78. The Morgan fingerprint density at radius 3 is 2.39 bits per heavy atom. The Balaban J connectivity index is 1.58. The van der Waals surface area contributed by atoms with E-state index in [0.29, 0.717) is 30.0 Å². The van der Waals surface area contributed by atoms with Gasteiger partial charge in [0.1, 0.15) is 22.3 Å². The minimum Gasteiger partial charge on any atom is -0.497 e. The monoisotopic (exact) mass is 398 g/mol. The van der Waals surface area contributed by atoms with Gasteiger partial charge in [0.25, 0.3) is 0 Å². The topological polar surface area (TPSA) is 69.7 Å². The Hall–Kier alpha value is -3.06. The Kier molecular flexibility index (Phi) is 6.49. The molecule has 0 bridgehead atoms. The van der Waals surface area contributed by atoms with Crippen LogP contribution in [-0.2, 0) is 11.2 Å². The lowest BCUT2D eigenvalue weighted by molar-refractivity contribution is -0.116. The van der Waals surface area contributed by atoms with Crippen molar-refractivity contribution in [1.29, 1.82) is 0 Å². The second-order valence-corrected chi connectivity index (χ2v) is 6.84. The van der Waals surface area contributed by atoms with Gasteiger partial charge >= 0.3 is 0 Å². The number of hydrogen-bond acceptors (Lipinski definition) is 6. The van der Waals surface area contributed by atoms with Crippen LogP contribution in [0.25, 0.3) is 10.6 Å². The van der Waals surface area contributed by atoms with E-state index in [1.54, 1.807) is 50.9 Å². The van der Waals surface area contributed by atoms with Crippen LogP contribution < -0.4 is 19.5 Å². The van der Waals surface area contributed by atoms with Crippen LogP contribution in [0.3, 0.4) is 0 Å². The highest BCUT2D eigenvalue weighted by atomic mass is 32.1. The number of amides is 1. The van der Waals surface area contributed by atoms with Crippen molar-refractivity contribution in [3.05, 3.63) is 53.5 Å². The van der Waals surface area contributed by atoms with Gasteiger partial charge in [-0.15, -0.1) is 11.3 Å². The molecule has 0 unspecified atom stereocenters. The number of aryl methyl sites for hydroxylation is 1. The predicted molar refractivity (Wildman–Crippen MR) is 111 cm³/mol. The number of ether oxygens (including phenoxy) is 3. The first kappa shape index (κ1) is 19.7. The average molecular weight is 398 g/mol. The number of nitrogens with one attached hydrogen (secondary N) is 1. The van der Waals surface area contributed by atoms with Crippen molar-refractivity contribution in [2.75, 3.05) is 26.6 Å². The third kappa shape index (κ3) is 4.80. The van der Waals surface area contributed by atoms with Crippen molar-refractivity contribution in [2.45, 2.75) is 12.8 Å². The number of benzene rings is 2. The highest BCUT2D eigenvalue weighted by Crippen LogP contribution is 2.29. The number of hydrogen-bond donors (Lipinski definition) is 1. The molecule has 0 fully saturated rings. The van der Waals surface area contributed by atoms with Gasteiger partial charge in [0.15, 0.2) is 0 Å². The summed E-state index contributed by atoms with van der Waals surface area (Å²) in [5.41, 5.74) is 2.54. The molecule has 3 rings (SSSR count). The molecule has 6 nitrogen and oxygen atoms in total. The number of carbonyl (C=O) groups excluding carboxylic acids is 1. The SMILES string of the molecule is COc1ccc(-c2nc(CCC(=O)Nc3ccc(OC)cc3OC)cs2)cc1. The number of thiazole rings is 1. The van der Waals surface area contributed by atoms with Gasteiger partial charge in [-0.25, -0.2) is 4.98 Å².